The molecule has 1 saturated heterocycles. The Balaban J connectivity index is 1.75. The van der Waals surface area contributed by atoms with E-state index in [0.717, 1.165) is 18.4 Å². The van der Waals surface area contributed by atoms with Crippen LogP contribution >= 0.6 is 0 Å². The molecule has 3 rings (SSSR count). The van der Waals surface area contributed by atoms with Crippen LogP contribution in [-0.4, -0.2) is 33.5 Å². The molecule has 1 amide bonds. The van der Waals surface area contributed by atoms with Gasteiger partial charge in [-0.25, -0.2) is 9.97 Å². The van der Waals surface area contributed by atoms with Gasteiger partial charge >= 0.3 is 0 Å². The van der Waals surface area contributed by atoms with Gasteiger partial charge in [0.1, 0.15) is 12.4 Å². The van der Waals surface area contributed by atoms with E-state index in [9.17, 15) is 4.79 Å². The third kappa shape index (κ3) is 3.22. The minimum Gasteiger partial charge on any atom is -0.371 e. The maximum Gasteiger partial charge on any atom is 0.254 e. The molecule has 6 heteroatoms. The number of pyridine rings is 1. The molecule has 0 aromatic carbocycles. The number of nitrogens with one attached hydrogen (secondary N) is 1. The molecule has 1 N–H and O–H groups in total. The number of ether oxygens (including phenoxy) is 1. The smallest absolute Gasteiger partial charge is 0.254 e. The normalized spacial score (nSPS) is 21.7. The van der Waals surface area contributed by atoms with Crippen LogP contribution in [0.25, 0.3) is 0 Å². The van der Waals surface area contributed by atoms with Crippen molar-refractivity contribution in [3.05, 3.63) is 54.4 Å². The highest BCUT2D eigenvalue weighted by Gasteiger charge is 2.29. The zero-order valence-corrected chi connectivity index (χ0v) is 11.5. The highest BCUT2D eigenvalue weighted by molar-refractivity contribution is 5.93. The Kier molecular flexibility index (Phi) is 4.16. The van der Waals surface area contributed by atoms with Crippen molar-refractivity contribution >= 4 is 5.91 Å². The van der Waals surface area contributed by atoms with Gasteiger partial charge in [-0.05, 0) is 30.5 Å². The first-order valence-electron chi connectivity index (χ1n) is 6.92. The number of rotatable bonds is 3. The molecule has 1 aliphatic rings. The first-order valence-corrected chi connectivity index (χ1v) is 6.92. The fourth-order valence-corrected chi connectivity index (χ4v) is 2.48. The van der Waals surface area contributed by atoms with Gasteiger partial charge < -0.3 is 10.1 Å². The lowest BCUT2D eigenvalue weighted by molar-refractivity contribution is -0.00951. The fourth-order valence-electron chi connectivity index (χ4n) is 2.48. The topological polar surface area (TPSA) is 77.0 Å². The number of carbonyl (C=O) groups is 1. The van der Waals surface area contributed by atoms with Crippen molar-refractivity contribution in [3.8, 4) is 0 Å². The predicted octanol–water partition coefficient (Wildman–Crippen LogP) is 1.52. The van der Waals surface area contributed by atoms with Crippen molar-refractivity contribution in [1.82, 2.24) is 20.3 Å². The number of hydrogen-bond acceptors (Lipinski definition) is 5. The van der Waals surface area contributed by atoms with Crippen LogP contribution in [0.5, 0.6) is 0 Å². The van der Waals surface area contributed by atoms with Gasteiger partial charge in [0.2, 0.25) is 0 Å². The Morgan fingerprint density at radius 1 is 1.19 bits per heavy atom. The third-order valence-corrected chi connectivity index (χ3v) is 3.50. The van der Waals surface area contributed by atoms with Crippen molar-refractivity contribution in [2.75, 3.05) is 6.61 Å². The maximum absolute atomic E-state index is 12.2. The SMILES string of the molecule is O=C(N[C@H]1CCCO[C@@H]1c1ccncc1)c1cncnc1. The molecule has 3 heterocycles. The van der Waals surface area contributed by atoms with E-state index in [0.29, 0.717) is 12.2 Å². The van der Waals surface area contributed by atoms with Crippen LogP contribution in [0.1, 0.15) is 34.9 Å². The molecular formula is C15H16N4O2. The quantitative estimate of drug-likeness (QED) is 0.924. The van der Waals surface area contributed by atoms with Crippen LogP contribution in [0.3, 0.4) is 0 Å². The summed E-state index contributed by atoms with van der Waals surface area (Å²) in [6.07, 6.45) is 9.55. The Hall–Kier alpha value is -2.34. The van der Waals surface area contributed by atoms with Crippen molar-refractivity contribution in [3.63, 3.8) is 0 Å². The molecule has 6 nitrogen and oxygen atoms in total. The molecular weight excluding hydrogens is 268 g/mol. The standard InChI is InChI=1S/C15H16N4O2/c20-15(12-8-17-10-18-9-12)19-13-2-1-7-21-14(13)11-3-5-16-6-4-11/h3-6,8-10,13-14H,1-2,7H2,(H,19,20)/t13-,14+/m0/s1. The Morgan fingerprint density at radius 2 is 1.95 bits per heavy atom. The average Bonchev–Trinajstić information content (AvgIpc) is 2.57. The number of nitrogens with zero attached hydrogens (tertiary/aromatic N) is 3. The molecule has 0 saturated carbocycles. The fraction of sp³-hybridized carbons (Fsp3) is 0.333. The van der Waals surface area contributed by atoms with E-state index in [1.165, 1.54) is 18.7 Å². The molecule has 21 heavy (non-hydrogen) atoms. The molecule has 1 aliphatic heterocycles. The summed E-state index contributed by atoms with van der Waals surface area (Å²) in [4.78, 5) is 24.0. The van der Waals surface area contributed by atoms with E-state index >= 15 is 0 Å². The lowest BCUT2D eigenvalue weighted by Gasteiger charge is -2.32. The van der Waals surface area contributed by atoms with Gasteiger partial charge in [0, 0.05) is 31.4 Å². The van der Waals surface area contributed by atoms with Crippen molar-refractivity contribution in [2.45, 2.75) is 25.0 Å². The lowest BCUT2D eigenvalue weighted by atomic mass is 9.96. The van der Waals surface area contributed by atoms with Gasteiger partial charge in [0.05, 0.1) is 11.6 Å². The van der Waals surface area contributed by atoms with E-state index in [-0.39, 0.29) is 18.1 Å². The summed E-state index contributed by atoms with van der Waals surface area (Å²) in [6, 6.07) is 3.77. The number of hydrogen-bond donors (Lipinski definition) is 1. The molecule has 0 aliphatic carbocycles. The molecule has 0 unspecified atom stereocenters. The van der Waals surface area contributed by atoms with Crippen LogP contribution in [0, 0.1) is 0 Å². The second-order valence-electron chi connectivity index (χ2n) is 4.92. The number of aromatic nitrogens is 3. The lowest BCUT2D eigenvalue weighted by Crippen LogP contribution is -2.42. The van der Waals surface area contributed by atoms with Gasteiger partial charge in [0.15, 0.2) is 0 Å². The molecule has 2 aromatic heterocycles. The summed E-state index contributed by atoms with van der Waals surface area (Å²) in [5, 5.41) is 3.02. The number of amides is 1. The Bertz CT molecular complexity index is 591. The summed E-state index contributed by atoms with van der Waals surface area (Å²) in [7, 11) is 0. The number of carbonyl (C=O) groups excluding carboxylic acids is 1. The van der Waals surface area contributed by atoms with Crippen LogP contribution in [0.15, 0.2) is 43.2 Å². The van der Waals surface area contributed by atoms with Crippen LogP contribution in [0.4, 0.5) is 0 Å². The van der Waals surface area contributed by atoms with Crippen LogP contribution < -0.4 is 5.32 Å². The minimum absolute atomic E-state index is 0.0612. The Morgan fingerprint density at radius 3 is 2.71 bits per heavy atom. The van der Waals surface area contributed by atoms with E-state index in [1.54, 1.807) is 12.4 Å². The average molecular weight is 284 g/mol. The van der Waals surface area contributed by atoms with Crippen LogP contribution in [0.2, 0.25) is 0 Å². The molecule has 2 atom stereocenters. The van der Waals surface area contributed by atoms with E-state index in [2.05, 4.69) is 20.3 Å². The van der Waals surface area contributed by atoms with Gasteiger partial charge in [0.25, 0.3) is 5.91 Å². The third-order valence-electron chi connectivity index (χ3n) is 3.50. The zero-order chi connectivity index (χ0) is 14.5. The molecule has 2 aromatic rings. The van der Waals surface area contributed by atoms with Crippen molar-refractivity contribution < 1.29 is 9.53 Å². The predicted molar refractivity (Wildman–Crippen MR) is 75.5 cm³/mol. The second-order valence-corrected chi connectivity index (χ2v) is 4.92. The van der Waals surface area contributed by atoms with Crippen molar-refractivity contribution in [2.24, 2.45) is 0 Å². The summed E-state index contributed by atoms with van der Waals surface area (Å²) < 4.78 is 5.84. The van der Waals surface area contributed by atoms with E-state index < -0.39 is 0 Å². The first-order chi connectivity index (χ1) is 10.3. The van der Waals surface area contributed by atoms with Gasteiger partial charge in [-0.3, -0.25) is 9.78 Å². The van der Waals surface area contributed by atoms with E-state index in [4.69, 9.17) is 4.74 Å². The highest BCUT2D eigenvalue weighted by Crippen LogP contribution is 2.28. The molecule has 108 valence electrons. The summed E-state index contributed by atoms with van der Waals surface area (Å²) in [5.74, 6) is -0.176. The Labute approximate surface area is 122 Å². The summed E-state index contributed by atoms with van der Waals surface area (Å²) in [5.41, 5.74) is 1.48. The van der Waals surface area contributed by atoms with Gasteiger partial charge in [-0.2, -0.15) is 0 Å². The van der Waals surface area contributed by atoms with Gasteiger partial charge in [-0.1, -0.05) is 0 Å². The summed E-state index contributed by atoms with van der Waals surface area (Å²) in [6.45, 7) is 0.702. The monoisotopic (exact) mass is 284 g/mol. The summed E-state index contributed by atoms with van der Waals surface area (Å²) >= 11 is 0. The largest absolute Gasteiger partial charge is 0.371 e. The van der Waals surface area contributed by atoms with Gasteiger partial charge in [-0.15, -0.1) is 0 Å². The van der Waals surface area contributed by atoms with E-state index in [1.807, 2.05) is 12.1 Å². The highest BCUT2D eigenvalue weighted by atomic mass is 16.5. The maximum atomic E-state index is 12.2. The molecule has 0 bridgehead atoms. The molecule has 0 radical (unpaired) electrons. The minimum atomic E-state index is -0.176. The van der Waals surface area contributed by atoms with Crippen molar-refractivity contribution in [1.29, 1.82) is 0 Å². The molecule has 1 fully saturated rings. The second kappa shape index (κ2) is 6.41. The van der Waals surface area contributed by atoms with Crippen LogP contribution in [-0.2, 0) is 4.74 Å². The molecule has 0 spiro atoms. The first kappa shape index (κ1) is 13.6. The zero-order valence-electron chi connectivity index (χ0n) is 11.5.